The highest BCUT2D eigenvalue weighted by atomic mass is 19.4. The summed E-state index contributed by atoms with van der Waals surface area (Å²) in [5, 5.41) is 3.96. The fraction of sp³-hybridized carbons (Fsp3) is 0.235. The number of rotatable bonds is 3. The van der Waals surface area contributed by atoms with E-state index >= 15 is 0 Å². The molecule has 0 unspecified atom stereocenters. The van der Waals surface area contributed by atoms with Crippen LogP contribution in [0.3, 0.4) is 0 Å². The Bertz CT molecular complexity index is 680. The number of hydrazone groups is 1. The predicted octanol–water partition coefficient (Wildman–Crippen LogP) is 5.08. The van der Waals surface area contributed by atoms with E-state index in [0.29, 0.717) is 0 Å². The van der Waals surface area contributed by atoms with Crippen LogP contribution in [0.1, 0.15) is 27.8 Å². The summed E-state index contributed by atoms with van der Waals surface area (Å²) in [6, 6.07) is 9.30. The molecule has 2 rings (SSSR count). The van der Waals surface area contributed by atoms with E-state index in [1.807, 2.05) is 32.9 Å². The van der Waals surface area contributed by atoms with Gasteiger partial charge in [-0.05, 0) is 44.0 Å². The summed E-state index contributed by atoms with van der Waals surface area (Å²) in [7, 11) is 0. The molecule has 0 atom stereocenters. The number of nitrogens with zero attached hydrogens (tertiary/aromatic N) is 1. The zero-order valence-electron chi connectivity index (χ0n) is 12.6. The van der Waals surface area contributed by atoms with Gasteiger partial charge in [0.1, 0.15) is 0 Å². The molecule has 2 aromatic carbocycles. The van der Waals surface area contributed by atoms with Crippen LogP contribution in [0.5, 0.6) is 0 Å². The molecule has 0 amide bonds. The summed E-state index contributed by atoms with van der Waals surface area (Å²) in [5.74, 6) is 0. The first-order valence-corrected chi connectivity index (χ1v) is 6.82. The Labute approximate surface area is 127 Å². The van der Waals surface area contributed by atoms with E-state index in [9.17, 15) is 13.2 Å². The Kier molecular flexibility index (Phi) is 4.54. The minimum absolute atomic E-state index is 0.0614. The van der Waals surface area contributed by atoms with Gasteiger partial charge in [0.15, 0.2) is 0 Å². The van der Waals surface area contributed by atoms with E-state index in [4.69, 9.17) is 0 Å². The van der Waals surface area contributed by atoms with Crippen molar-refractivity contribution in [1.82, 2.24) is 0 Å². The van der Waals surface area contributed by atoms with Crippen LogP contribution in [0.4, 0.5) is 18.9 Å². The second kappa shape index (κ2) is 6.22. The third kappa shape index (κ3) is 3.67. The maximum atomic E-state index is 12.9. The third-order valence-electron chi connectivity index (χ3n) is 3.35. The average molecular weight is 306 g/mol. The van der Waals surface area contributed by atoms with E-state index < -0.39 is 11.7 Å². The number of hydrogen-bond acceptors (Lipinski definition) is 2. The van der Waals surface area contributed by atoms with Gasteiger partial charge < -0.3 is 0 Å². The molecule has 0 spiro atoms. The van der Waals surface area contributed by atoms with E-state index in [-0.39, 0.29) is 5.69 Å². The smallest absolute Gasteiger partial charge is 0.278 e. The van der Waals surface area contributed by atoms with Crippen LogP contribution in [0.15, 0.2) is 41.5 Å². The second-order valence-electron chi connectivity index (χ2n) is 5.23. The number of benzene rings is 2. The summed E-state index contributed by atoms with van der Waals surface area (Å²) >= 11 is 0. The lowest BCUT2D eigenvalue weighted by Crippen LogP contribution is -2.08. The molecule has 0 bridgehead atoms. The molecule has 0 saturated heterocycles. The van der Waals surface area contributed by atoms with Gasteiger partial charge in [0.2, 0.25) is 0 Å². The Morgan fingerprint density at radius 1 is 1.00 bits per heavy atom. The molecule has 5 heteroatoms. The topological polar surface area (TPSA) is 24.4 Å². The Hall–Kier alpha value is -2.30. The van der Waals surface area contributed by atoms with E-state index in [1.54, 1.807) is 6.21 Å². The summed E-state index contributed by atoms with van der Waals surface area (Å²) < 4.78 is 38.6. The number of nitrogens with one attached hydrogen (secondary N) is 1. The summed E-state index contributed by atoms with van der Waals surface area (Å²) in [6.45, 7) is 5.90. The minimum atomic E-state index is -4.41. The van der Waals surface area contributed by atoms with Gasteiger partial charge in [-0.2, -0.15) is 18.3 Å². The Balaban J connectivity index is 2.25. The average Bonchev–Trinajstić information content (AvgIpc) is 2.41. The molecule has 0 radical (unpaired) electrons. The molecule has 0 aliphatic rings. The van der Waals surface area contributed by atoms with Crippen molar-refractivity contribution >= 4 is 11.9 Å². The second-order valence-corrected chi connectivity index (χ2v) is 5.23. The largest absolute Gasteiger partial charge is 0.418 e. The molecule has 0 aliphatic heterocycles. The highest BCUT2D eigenvalue weighted by Crippen LogP contribution is 2.34. The highest BCUT2D eigenvalue weighted by molar-refractivity contribution is 5.84. The SMILES string of the molecule is Cc1cc(C)c(C=NNc2ccccc2C(F)(F)F)c(C)c1. The molecule has 0 aliphatic carbocycles. The van der Waals surface area contributed by atoms with Gasteiger partial charge >= 0.3 is 6.18 Å². The number of para-hydroxylation sites is 1. The van der Waals surface area contributed by atoms with Gasteiger partial charge in [0.05, 0.1) is 17.5 Å². The number of anilines is 1. The van der Waals surface area contributed by atoms with Crippen LogP contribution in [0, 0.1) is 20.8 Å². The molecule has 1 N–H and O–H groups in total. The normalized spacial score (nSPS) is 11.9. The first-order chi connectivity index (χ1) is 10.3. The van der Waals surface area contributed by atoms with E-state index in [2.05, 4.69) is 10.5 Å². The van der Waals surface area contributed by atoms with Crippen molar-refractivity contribution in [1.29, 1.82) is 0 Å². The van der Waals surface area contributed by atoms with Crippen LogP contribution in [-0.2, 0) is 6.18 Å². The molecule has 2 nitrogen and oxygen atoms in total. The van der Waals surface area contributed by atoms with Crippen LogP contribution < -0.4 is 5.43 Å². The van der Waals surface area contributed by atoms with Crippen molar-refractivity contribution in [3.05, 3.63) is 64.2 Å². The van der Waals surface area contributed by atoms with E-state index in [1.165, 1.54) is 18.2 Å². The number of aryl methyl sites for hydroxylation is 3. The van der Waals surface area contributed by atoms with E-state index in [0.717, 1.165) is 28.3 Å². The molecular weight excluding hydrogens is 289 g/mol. The van der Waals surface area contributed by atoms with Gasteiger partial charge in [0.25, 0.3) is 0 Å². The lowest BCUT2D eigenvalue weighted by molar-refractivity contribution is -0.136. The zero-order chi connectivity index (χ0) is 16.3. The molecule has 0 aromatic heterocycles. The van der Waals surface area contributed by atoms with Crippen LogP contribution in [-0.4, -0.2) is 6.21 Å². The van der Waals surface area contributed by atoms with Crippen LogP contribution in [0.25, 0.3) is 0 Å². The van der Waals surface area contributed by atoms with Crippen molar-refractivity contribution < 1.29 is 13.2 Å². The maximum Gasteiger partial charge on any atom is 0.418 e. The van der Waals surface area contributed by atoms with Gasteiger partial charge in [-0.15, -0.1) is 0 Å². The number of hydrogen-bond donors (Lipinski definition) is 1. The standard InChI is InChI=1S/C17H17F3N2/c1-11-8-12(2)14(13(3)9-11)10-21-22-16-7-5-4-6-15(16)17(18,19)20/h4-10,22H,1-3H3. The third-order valence-corrected chi connectivity index (χ3v) is 3.35. The number of alkyl halides is 3. The minimum Gasteiger partial charge on any atom is -0.278 e. The molecule has 22 heavy (non-hydrogen) atoms. The number of halogens is 3. The van der Waals surface area contributed by atoms with Crippen LogP contribution >= 0.6 is 0 Å². The molecule has 0 fully saturated rings. The first kappa shape index (κ1) is 16.1. The first-order valence-electron chi connectivity index (χ1n) is 6.82. The molecule has 2 aromatic rings. The Morgan fingerprint density at radius 2 is 1.59 bits per heavy atom. The van der Waals surface area contributed by atoms with Crippen molar-refractivity contribution in [2.24, 2.45) is 5.10 Å². The maximum absolute atomic E-state index is 12.9. The van der Waals surface area contributed by atoms with Crippen molar-refractivity contribution in [3.8, 4) is 0 Å². The molecular formula is C17H17F3N2. The lowest BCUT2D eigenvalue weighted by Gasteiger charge is -2.12. The predicted molar refractivity (Wildman–Crippen MR) is 83.3 cm³/mol. The molecule has 0 heterocycles. The van der Waals surface area contributed by atoms with Crippen LogP contribution in [0.2, 0.25) is 0 Å². The Morgan fingerprint density at radius 3 is 2.18 bits per heavy atom. The summed E-state index contributed by atoms with van der Waals surface area (Å²) in [4.78, 5) is 0. The summed E-state index contributed by atoms with van der Waals surface area (Å²) in [5.41, 5.74) is 5.81. The lowest BCUT2D eigenvalue weighted by atomic mass is 10.0. The van der Waals surface area contributed by atoms with Crippen molar-refractivity contribution in [2.45, 2.75) is 26.9 Å². The fourth-order valence-electron chi connectivity index (χ4n) is 2.39. The highest BCUT2D eigenvalue weighted by Gasteiger charge is 2.33. The monoisotopic (exact) mass is 306 g/mol. The fourth-order valence-corrected chi connectivity index (χ4v) is 2.39. The van der Waals surface area contributed by atoms with Gasteiger partial charge in [-0.1, -0.05) is 29.8 Å². The zero-order valence-corrected chi connectivity index (χ0v) is 12.6. The molecule has 116 valence electrons. The summed E-state index contributed by atoms with van der Waals surface area (Å²) in [6.07, 6.45) is -2.86. The quantitative estimate of drug-likeness (QED) is 0.621. The van der Waals surface area contributed by atoms with Crippen molar-refractivity contribution in [3.63, 3.8) is 0 Å². The van der Waals surface area contributed by atoms with Gasteiger partial charge in [-0.3, -0.25) is 5.43 Å². The van der Waals surface area contributed by atoms with Gasteiger partial charge in [-0.25, -0.2) is 0 Å². The van der Waals surface area contributed by atoms with Gasteiger partial charge in [0, 0.05) is 5.56 Å². The van der Waals surface area contributed by atoms with Crippen molar-refractivity contribution in [2.75, 3.05) is 5.43 Å². The molecule has 0 saturated carbocycles.